The predicted molar refractivity (Wildman–Crippen MR) is 329 cm³/mol. The van der Waals surface area contributed by atoms with Gasteiger partial charge in [-0.15, -0.1) is 45.3 Å². The molecule has 0 spiro atoms. The van der Waals surface area contributed by atoms with Gasteiger partial charge in [-0.25, -0.2) is 0 Å². The molecule has 0 nitrogen and oxygen atoms in total. The molecule has 0 aliphatic rings. The number of benzene rings is 2. The number of hydrogen-bond acceptors (Lipinski definition) is 4. The van der Waals surface area contributed by atoms with E-state index in [9.17, 15) is 0 Å². The highest BCUT2D eigenvalue weighted by Crippen LogP contribution is 2.36. The molecular weight excluding hydrogens is 969 g/mol. The second-order valence-corrected chi connectivity index (χ2v) is 23.8. The molecule has 4 aromatic heterocycles. The zero-order chi connectivity index (χ0) is 52.3. The molecule has 0 bridgehead atoms. The highest BCUT2D eigenvalue weighted by Gasteiger charge is 2.21. The van der Waals surface area contributed by atoms with Crippen molar-refractivity contribution in [2.45, 2.75) is 209 Å². The summed E-state index contributed by atoms with van der Waals surface area (Å²) in [5.41, 5.74) is 13.6. The van der Waals surface area contributed by atoms with Gasteiger partial charge in [0, 0.05) is 11.1 Å². The molecule has 4 heterocycles. The molecule has 6 rings (SSSR count). The predicted octanol–water partition coefficient (Wildman–Crippen LogP) is 19.7. The first-order valence-corrected chi connectivity index (χ1v) is 32.0. The van der Waals surface area contributed by atoms with E-state index < -0.39 is 0 Å². The molecule has 0 fully saturated rings. The first-order chi connectivity index (χ1) is 36.4. The van der Waals surface area contributed by atoms with Crippen molar-refractivity contribution in [1.29, 1.82) is 0 Å². The number of rotatable bonds is 24. The van der Waals surface area contributed by atoms with E-state index in [1.807, 2.05) is 45.3 Å². The zero-order valence-electron chi connectivity index (χ0n) is 46.4. The lowest BCUT2D eigenvalue weighted by atomic mass is 9.97. The Balaban J connectivity index is 1.49. The summed E-state index contributed by atoms with van der Waals surface area (Å²) < 4.78 is 0. The van der Waals surface area contributed by atoms with E-state index >= 15 is 0 Å². The largest absolute Gasteiger partial charge is 0.117 e. The van der Waals surface area contributed by atoms with E-state index in [2.05, 4.69) is 175 Å². The van der Waals surface area contributed by atoms with Gasteiger partial charge in [-0.1, -0.05) is 167 Å². The molecule has 0 unspecified atom stereocenters. The van der Waals surface area contributed by atoms with Crippen LogP contribution in [0, 0.1) is 59.2 Å². The molecule has 0 atom stereocenters. The SMILES string of the molecule is CCCCc1c(C#Cc2ccccc2)sc(C#Cc2sc(C#Cc3sc(C#Cc4sc(C#Cc5ccccc5)c(CCCC)c4CCCC)c(CCCC)c3CCCC)c(CCCC)c2CCCC)c1CCCC. The third-order valence-corrected chi connectivity index (χ3v) is 18.2. The molecule has 4 heteroatoms. The minimum Gasteiger partial charge on any atom is -0.117 e. The molecular formula is C70H82S4. The lowest BCUT2D eigenvalue weighted by molar-refractivity contribution is 0.760. The Bertz CT molecular complexity index is 2800. The van der Waals surface area contributed by atoms with Crippen LogP contribution in [0.1, 0.15) is 253 Å². The number of unbranched alkanes of at least 4 members (excludes halogenated alkanes) is 8. The third kappa shape index (κ3) is 16.8. The molecule has 0 amide bonds. The minimum atomic E-state index is 1.05. The Kier molecular flexibility index (Phi) is 25.6. The summed E-state index contributed by atoms with van der Waals surface area (Å²) >= 11 is 7.36. The van der Waals surface area contributed by atoms with E-state index in [1.54, 1.807) is 0 Å². The Labute approximate surface area is 466 Å². The average molecular weight is 1050 g/mol. The van der Waals surface area contributed by atoms with Crippen LogP contribution in [0.2, 0.25) is 0 Å². The molecule has 2 aromatic carbocycles. The summed E-state index contributed by atoms with van der Waals surface area (Å²) in [5, 5.41) is 0. The van der Waals surface area contributed by atoms with Gasteiger partial charge >= 0.3 is 0 Å². The highest BCUT2D eigenvalue weighted by atomic mass is 32.1. The minimum absolute atomic E-state index is 1.05. The standard InChI is InChI=1S/C70H82S4/c1-9-17-35-55-57(37-19-11-3)65(71-63(55)45-43-53-31-27-25-28-32-53)47-49-67-59(39-21-13-5)61(41-23-15-7)69(73-67)51-52-70-62(42-24-16-8)60(40-22-14-6)68(74-70)50-48-66-58(38-20-12-4)56(36-18-10-2)64(72-66)46-44-54-33-29-26-30-34-54/h25-34H,9-24,35-42H2,1-8H3. The van der Waals surface area contributed by atoms with Crippen molar-refractivity contribution in [1.82, 2.24) is 0 Å². The summed E-state index contributed by atoms with van der Waals surface area (Å²) in [7, 11) is 0. The molecule has 0 aliphatic carbocycles. The van der Waals surface area contributed by atoms with E-state index in [0.717, 1.165) is 165 Å². The quantitative estimate of drug-likeness (QED) is 0.0530. The topological polar surface area (TPSA) is 0 Å². The summed E-state index contributed by atoms with van der Waals surface area (Å²) in [6.07, 6.45) is 26.9. The Morgan fingerprint density at radius 2 is 0.392 bits per heavy atom. The van der Waals surface area contributed by atoms with Gasteiger partial charge in [0.05, 0.1) is 39.0 Å². The maximum absolute atomic E-state index is 3.89. The zero-order valence-corrected chi connectivity index (χ0v) is 49.6. The van der Waals surface area contributed by atoms with Gasteiger partial charge in [0.2, 0.25) is 0 Å². The number of thiophene rings is 4. The van der Waals surface area contributed by atoms with Crippen molar-refractivity contribution in [2.75, 3.05) is 0 Å². The lowest BCUT2D eigenvalue weighted by Crippen LogP contribution is -1.96. The molecule has 6 aromatic rings. The van der Waals surface area contributed by atoms with Crippen LogP contribution in [0.3, 0.4) is 0 Å². The van der Waals surface area contributed by atoms with Gasteiger partial charge in [0.1, 0.15) is 0 Å². The van der Waals surface area contributed by atoms with Crippen molar-refractivity contribution in [3.63, 3.8) is 0 Å². The third-order valence-electron chi connectivity index (χ3n) is 13.8. The molecule has 0 N–H and O–H groups in total. The molecule has 386 valence electrons. The van der Waals surface area contributed by atoms with Gasteiger partial charge in [-0.05, 0) is 207 Å². The molecule has 74 heavy (non-hydrogen) atoms. The van der Waals surface area contributed by atoms with E-state index in [-0.39, 0.29) is 0 Å². The van der Waals surface area contributed by atoms with Crippen LogP contribution in [-0.4, -0.2) is 0 Å². The summed E-state index contributed by atoms with van der Waals surface area (Å²) in [6, 6.07) is 20.9. The monoisotopic (exact) mass is 1050 g/mol. The van der Waals surface area contributed by atoms with Crippen LogP contribution >= 0.6 is 45.3 Å². The second-order valence-electron chi connectivity index (χ2n) is 19.7. The summed E-state index contributed by atoms with van der Waals surface area (Å²) in [5.74, 6) is 37.4. The van der Waals surface area contributed by atoms with E-state index in [4.69, 9.17) is 0 Å². The average Bonchev–Trinajstić information content (AvgIpc) is 4.16. The molecule has 0 saturated heterocycles. The van der Waals surface area contributed by atoms with Crippen LogP contribution < -0.4 is 0 Å². The Morgan fingerprint density at radius 3 is 0.554 bits per heavy atom. The Morgan fingerprint density at radius 1 is 0.230 bits per heavy atom. The van der Waals surface area contributed by atoms with Crippen molar-refractivity contribution in [3.05, 3.63) is 155 Å². The molecule has 0 saturated carbocycles. The fourth-order valence-electron chi connectivity index (χ4n) is 9.39. The van der Waals surface area contributed by atoms with E-state index in [0.29, 0.717) is 0 Å². The summed E-state index contributed by atoms with van der Waals surface area (Å²) in [6.45, 7) is 18.4. The van der Waals surface area contributed by atoms with Gasteiger partial charge < -0.3 is 0 Å². The summed E-state index contributed by atoms with van der Waals surface area (Å²) in [4.78, 5) is 9.66. The van der Waals surface area contributed by atoms with Gasteiger partial charge in [-0.2, -0.15) is 0 Å². The molecule has 0 radical (unpaired) electrons. The normalized spacial score (nSPS) is 10.6. The maximum Gasteiger partial charge on any atom is 0.0820 e. The van der Waals surface area contributed by atoms with Gasteiger partial charge in [0.25, 0.3) is 0 Å². The van der Waals surface area contributed by atoms with Crippen LogP contribution in [0.4, 0.5) is 0 Å². The van der Waals surface area contributed by atoms with Crippen LogP contribution in [0.5, 0.6) is 0 Å². The van der Waals surface area contributed by atoms with Crippen molar-refractivity contribution in [3.8, 4) is 59.2 Å². The van der Waals surface area contributed by atoms with Crippen molar-refractivity contribution in [2.24, 2.45) is 0 Å². The second kappa shape index (κ2) is 32.5. The fourth-order valence-corrected chi connectivity index (χ4v) is 13.8. The first kappa shape index (κ1) is 58.3. The van der Waals surface area contributed by atoms with Gasteiger partial charge in [-0.3, -0.25) is 0 Å². The lowest BCUT2D eigenvalue weighted by Gasteiger charge is -2.06. The number of hydrogen-bond donors (Lipinski definition) is 0. The molecule has 0 aliphatic heterocycles. The highest BCUT2D eigenvalue weighted by molar-refractivity contribution is 7.15. The fraction of sp³-hybridized carbons (Fsp3) is 0.457. The first-order valence-electron chi connectivity index (χ1n) is 28.7. The maximum atomic E-state index is 3.89. The van der Waals surface area contributed by atoms with Crippen LogP contribution in [-0.2, 0) is 51.4 Å². The van der Waals surface area contributed by atoms with Crippen LogP contribution in [0.25, 0.3) is 0 Å². The van der Waals surface area contributed by atoms with Crippen molar-refractivity contribution < 1.29 is 0 Å². The van der Waals surface area contributed by atoms with Crippen LogP contribution in [0.15, 0.2) is 60.7 Å². The van der Waals surface area contributed by atoms with Gasteiger partial charge in [0.15, 0.2) is 0 Å². The smallest absolute Gasteiger partial charge is 0.0820 e. The Hall–Kier alpha value is -4.96. The van der Waals surface area contributed by atoms with Crippen molar-refractivity contribution >= 4 is 45.3 Å². The van der Waals surface area contributed by atoms with E-state index in [1.165, 1.54) is 83.5 Å².